The van der Waals surface area contributed by atoms with Crippen LogP contribution >= 0.6 is 11.8 Å². The molecule has 1 fully saturated rings. The van der Waals surface area contributed by atoms with Gasteiger partial charge in [0.15, 0.2) is 5.17 Å². The summed E-state index contributed by atoms with van der Waals surface area (Å²) in [4.78, 5) is 22.6. The number of carbonyl (C=O) groups excluding carboxylic acids is 1. The first kappa shape index (κ1) is 8.18. The zero-order valence-corrected chi connectivity index (χ0v) is 7.41. The Kier molecular flexibility index (Phi) is 2.22. The van der Waals surface area contributed by atoms with Crippen LogP contribution in [-0.2, 0) is 4.79 Å². The fraction of sp³-hybridized carbons (Fsp3) is 0.143. The number of carbonyl (C=O) groups is 1. The standard InChI is InChI=1S/C7H6N4OS/c12-5-4-13-7(10-5)11-6-8-2-1-3-9-6/h1-3H,4H2,(H,8,9,10,11,12). The van der Waals surface area contributed by atoms with E-state index in [2.05, 4.69) is 20.3 Å². The lowest BCUT2D eigenvalue weighted by molar-refractivity contribution is -0.116. The second-order valence-corrected chi connectivity index (χ2v) is 3.27. The average Bonchev–Trinajstić information content (AvgIpc) is 2.53. The Morgan fingerprint density at radius 1 is 1.46 bits per heavy atom. The molecule has 1 N–H and O–H groups in total. The molecule has 0 atom stereocenters. The number of aliphatic imine (C=N–C) groups is 1. The van der Waals surface area contributed by atoms with E-state index in [9.17, 15) is 4.79 Å². The van der Waals surface area contributed by atoms with Gasteiger partial charge in [-0.1, -0.05) is 11.8 Å². The molecule has 0 aliphatic carbocycles. The van der Waals surface area contributed by atoms with Crippen molar-refractivity contribution in [3.05, 3.63) is 18.5 Å². The normalized spacial score (nSPS) is 19.1. The lowest BCUT2D eigenvalue weighted by Gasteiger charge is -1.93. The fourth-order valence-electron chi connectivity index (χ4n) is 0.825. The Bertz CT molecular complexity index is 351. The van der Waals surface area contributed by atoms with E-state index in [1.807, 2.05) is 0 Å². The van der Waals surface area contributed by atoms with E-state index in [0.29, 0.717) is 16.9 Å². The van der Waals surface area contributed by atoms with Crippen LogP contribution in [0.3, 0.4) is 0 Å². The zero-order chi connectivity index (χ0) is 9.10. The van der Waals surface area contributed by atoms with Crippen molar-refractivity contribution in [3.8, 4) is 0 Å². The molecule has 1 aromatic heterocycles. The Hall–Kier alpha value is -1.43. The Labute approximate surface area is 78.7 Å². The summed E-state index contributed by atoms with van der Waals surface area (Å²) in [5.74, 6) is 0.762. The van der Waals surface area contributed by atoms with Crippen LogP contribution in [0.5, 0.6) is 0 Å². The highest BCUT2D eigenvalue weighted by Crippen LogP contribution is 2.12. The molecule has 1 aliphatic heterocycles. The third-order valence-corrected chi connectivity index (χ3v) is 2.21. The lowest BCUT2D eigenvalue weighted by atomic mass is 10.7. The second-order valence-electron chi connectivity index (χ2n) is 2.30. The van der Waals surface area contributed by atoms with Crippen LogP contribution in [0, 0.1) is 0 Å². The summed E-state index contributed by atoms with van der Waals surface area (Å²) in [6.07, 6.45) is 3.21. The van der Waals surface area contributed by atoms with Crippen LogP contribution in [0.15, 0.2) is 23.5 Å². The third-order valence-electron chi connectivity index (χ3n) is 1.34. The number of nitrogens with zero attached hydrogens (tertiary/aromatic N) is 3. The molecule has 1 aliphatic rings. The van der Waals surface area contributed by atoms with Gasteiger partial charge in [0.05, 0.1) is 5.75 Å². The van der Waals surface area contributed by atoms with E-state index in [1.165, 1.54) is 11.8 Å². The van der Waals surface area contributed by atoms with Gasteiger partial charge in [0.1, 0.15) is 0 Å². The smallest absolute Gasteiger partial charge is 0.251 e. The Balaban J connectivity index is 2.17. The van der Waals surface area contributed by atoms with E-state index in [4.69, 9.17) is 0 Å². The molecule has 13 heavy (non-hydrogen) atoms. The summed E-state index contributed by atoms with van der Waals surface area (Å²) in [7, 11) is 0. The predicted molar refractivity (Wildman–Crippen MR) is 49.7 cm³/mol. The number of aromatic nitrogens is 2. The molecule has 2 rings (SSSR count). The first-order valence-corrected chi connectivity index (χ1v) is 4.61. The lowest BCUT2D eigenvalue weighted by Crippen LogP contribution is -2.19. The van der Waals surface area contributed by atoms with E-state index in [-0.39, 0.29) is 5.91 Å². The molecule has 6 heteroatoms. The van der Waals surface area contributed by atoms with Gasteiger partial charge in [-0.15, -0.1) is 0 Å². The summed E-state index contributed by atoms with van der Waals surface area (Å²) in [6.45, 7) is 0. The highest BCUT2D eigenvalue weighted by Gasteiger charge is 2.16. The minimum Gasteiger partial charge on any atom is -0.304 e. The summed E-state index contributed by atoms with van der Waals surface area (Å²) >= 11 is 1.35. The first-order valence-electron chi connectivity index (χ1n) is 3.63. The topological polar surface area (TPSA) is 67.2 Å². The van der Waals surface area contributed by atoms with Gasteiger partial charge in [0.2, 0.25) is 5.91 Å². The third kappa shape index (κ3) is 2.03. The number of thioether (sulfide) groups is 1. The molecule has 1 amide bonds. The maximum atomic E-state index is 10.8. The fourth-order valence-corrected chi connectivity index (χ4v) is 1.50. The maximum absolute atomic E-state index is 10.8. The number of rotatable bonds is 1. The van der Waals surface area contributed by atoms with Gasteiger partial charge in [-0.3, -0.25) is 4.79 Å². The largest absolute Gasteiger partial charge is 0.304 e. The number of amides is 1. The molecule has 5 nitrogen and oxygen atoms in total. The quantitative estimate of drug-likeness (QED) is 0.699. The van der Waals surface area contributed by atoms with E-state index < -0.39 is 0 Å². The van der Waals surface area contributed by atoms with Crippen LogP contribution < -0.4 is 5.32 Å². The van der Waals surface area contributed by atoms with Crippen LogP contribution in [-0.4, -0.2) is 26.8 Å². The van der Waals surface area contributed by atoms with Crippen molar-refractivity contribution in [1.29, 1.82) is 0 Å². The van der Waals surface area contributed by atoms with Crippen molar-refractivity contribution >= 4 is 28.8 Å². The monoisotopic (exact) mass is 194 g/mol. The molecule has 66 valence electrons. The minimum atomic E-state index is -0.0281. The van der Waals surface area contributed by atoms with Gasteiger partial charge in [-0.2, -0.15) is 4.99 Å². The van der Waals surface area contributed by atoms with Crippen molar-refractivity contribution in [1.82, 2.24) is 15.3 Å². The SMILES string of the molecule is O=C1CSC(=Nc2ncccn2)N1. The van der Waals surface area contributed by atoms with Crippen LogP contribution in [0.1, 0.15) is 0 Å². The van der Waals surface area contributed by atoms with Crippen molar-refractivity contribution in [2.24, 2.45) is 4.99 Å². The molecular formula is C7H6N4OS. The van der Waals surface area contributed by atoms with Gasteiger partial charge < -0.3 is 5.32 Å². The molecule has 0 saturated carbocycles. The average molecular weight is 194 g/mol. The summed E-state index contributed by atoms with van der Waals surface area (Å²) in [5, 5.41) is 3.16. The molecule has 0 aromatic carbocycles. The van der Waals surface area contributed by atoms with Crippen molar-refractivity contribution < 1.29 is 4.79 Å². The summed E-state index contributed by atoms with van der Waals surface area (Å²) < 4.78 is 0. The van der Waals surface area contributed by atoms with Crippen molar-refractivity contribution in [2.45, 2.75) is 0 Å². The first-order chi connectivity index (χ1) is 6.34. The molecular weight excluding hydrogens is 188 g/mol. The molecule has 2 heterocycles. The van der Waals surface area contributed by atoms with Crippen LogP contribution in [0.25, 0.3) is 0 Å². The Morgan fingerprint density at radius 2 is 2.23 bits per heavy atom. The number of hydrogen-bond donors (Lipinski definition) is 1. The van der Waals surface area contributed by atoms with Crippen LogP contribution in [0.4, 0.5) is 5.95 Å². The molecule has 0 unspecified atom stereocenters. The number of nitrogens with one attached hydrogen (secondary N) is 1. The summed E-state index contributed by atoms with van der Waals surface area (Å²) in [5.41, 5.74) is 0. The minimum absolute atomic E-state index is 0.0281. The number of amidine groups is 1. The number of hydrogen-bond acceptors (Lipinski definition) is 5. The molecule has 1 aromatic rings. The molecule has 0 spiro atoms. The van der Waals surface area contributed by atoms with Gasteiger partial charge in [-0.05, 0) is 6.07 Å². The van der Waals surface area contributed by atoms with Crippen LogP contribution in [0.2, 0.25) is 0 Å². The molecule has 1 saturated heterocycles. The predicted octanol–water partition coefficient (Wildman–Crippen LogP) is 0.327. The van der Waals surface area contributed by atoms with Crippen molar-refractivity contribution in [2.75, 3.05) is 5.75 Å². The summed E-state index contributed by atoms with van der Waals surface area (Å²) in [6, 6.07) is 1.71. The van der Waals surface area contributed by atoms with E-state index in [0.717, 1.165) is 0 Å². The van der Waals surface area contributed by atoms with Gasteiger partial charge in [0.25, 0.3) is 5.95 Å². The van der Waals surface area contributed by atoms with E-state index in [1.54, 1.807) is 18.5 Å². The zero-order valence-electron chi connectivity index (χ0n) is 6.60. The Morgan fingerprint density at radius 3 is 2.85 bits per heavy atom. The highest BCUT2D eigenvalue weighted by molar-refractivity contribution is 8.15. The van der Waals surface area contributed by atoms with Crippen molar-refractivity contribution in [3.63, 3.8) is 0 Å². The molecule has 0 radical (unpaired) electrons. The van der Waals surface area contributed by atoms with Gasteiger partial charge >= 0.3 is 0 Å². The molecule has 0 bridgehead atoms. The van der Waals surface area contributed by atoms with Gasteiger partial charge in [-0.25, -0.2) is 9.97 Å². The maximum Gasteiger partial charge on any atom is 0.251 e. The van der Waals surface area contributed by atoms with Gasteiger partial charge in [0, 0.05) is 12.4 Å². The second kappa shape index (κ2) is 3.53. The van der Waals surface area contributed by atoms with E-state index >= 15 is 0 Å². The highest BCUT2D eigenvalue weighted by atomic mass is 32.2.